The van der Waals surface area contributed by atoms with Crippen LogP contribution in [0.4, 0.5) is 8.78 Å². The number of likely N-dealkylation sites (tertiary alicyclic amines) is 1. The molecule has 1 atom stereocenters. The molecule has 2 aromatic rings. The number of benzene rings is 2. The van der Waals surface area contributed by atoms with Gasteiger partial charge in [0.05, 0.1) is 0 Å². The Kier molecular flexibility index (Phi) is 7.15. The van der Waals surface area contributed by atoms with E-state index < -0.39 is 12.0 Å². The minimum atomic E-state index is -0.817. The van der Waals surface area contributed by atoms with Crippen LogP contribution in [0, 0.1) is 25.5 Å². The molecule has 0 bridgehead atoms. The van der Waals surface area contributed by atoms with Gasteiger partial charge in [0.2, 0.25) is 0 Å². The normalized spacial score (nSPS) is 16.9. The zero-order chi connectivity index (χ0) is 21.7. The van der Waals surface area contributed by atoms with E-state index in [-0.39, 0.29) is 18.2 Å². The predicted octanol–water partition coefficient (Wildman–Crippen LogP) is 4.29. The van der Waals surface area contributed by atoms with E-state index in [0.29, 0.717) is 47.5 Å². The molecule has 0 radical (unpaired) electrons. The van der Waals surface area contributed by atoms with Crippen molar-refractivity contribution < 1.29 is 23.5 Å². The predicted molar refractivity (Wildman–Crippen MR) is 111 cm³/mol. The van der Waals surface area contributed by atoms with E-state index in [4.69, 9.17) is 4.84 Å². The first-order chi connectivity index (χ1) is 14.4. The SMILES string of the molecule is Cc1cc(F)ccc1C(=NOCCN1CCCC[C@H]1C(=O)O)c1ccc(F)cc1C. The fraction of sp³-hybridized carbons (Fsp3) is 0.391. The highest BCUT2D eigenvalue weighted by atomic mass is 19.1. The van der Waals surface area contributed by atoms with Crippen molar-refractivity contribution in [3.63, 3.8) is 0 Å². The van der Waals surface area contributed by atoms with E-state index in [2.05, 4.69) is 5.16 Å². The average Bonchev–Trinajstić information content (AvgIpc) is 2.70. The van der Waals surface area contributed by atoms with Gasteiger partial charge in [-0.25, -0.2) is 8.78 Å². The first-order valence-corrected chi connectivity index (χ1v) is 10.1. The van der Waals surface area contributed by atoms with Crippen LogP contribution in [0.3, 0.4) is 0 Å². The molecular weight excluding hydrogens is 390 g/mol. The van der Waals surface area contributed by atoms with Gasteiger partial charge in [0.25, 0.3) is 0 Å². The topological polar surface area (TPSA) is 62.1 Å². The molecular formula is C23H26F2N2O3. The molecule has 3 rings (SSSR count). The molecule has 30 heavy (non-hydrogen) atoms. The number of piperidine rings is 1. The standard InChI is InChI=1S/C23H26F2N2O3/c1-15-13-17(24)6-8-19(15)22(20-9-7-18(25)14-16(20)2)26-30-12-11-27-10-4-3-5-21(27)23(28)29/h6-9,13-14,21H,3-5,10-12H2,1-2H3,(H,28,29)/t21-/m0/s1. The molecule has 0 amide bonds. The molecule has 1 saturated heterocycles. The summed E-state index contributed by atoms with van der Waals surface area (Å²) < 4.78 is 27.2. The van der Waals surface area contributed by atoms with Crippen LogP contribution < -0.4 is 0 Å². The highest BCUT2D eigenvalue weighted by Crippen LogP contribution is 2.21. The monoisotopic (exact) mass is 416 g/mol. The highest BCUT2D eigenvalue weighted by Gasteiger charge is 2.28. The van der Waals surface area contributed by atoms with Crippen LogP contribution in [0.2, 0.25) is 0 Å². The maximum atomic E-state index is 13.6. The minimum Gasteiger partial charge on any atom is -0.480 e. The zero-order valence-electron chi connectivity index (χ0n) is 17.2. The lowest BCUT2D eigenvalue weighted by Crippen LogP contribution is -2.45. The van der Waals surface area contributed by atoms with Crippen LogP contribution in [0.25, 0.3) is 0 Å². The van der Waals surface area contributed by atoms with Crippen LogP contribution >= 0.6 is 0 Å². The van der Waals surface area contributed by atoms with Crippen LogP contribution in [0.1, 0.15) is 41.5 Å². The molecule has 0 spiro atoms. The number of carboxylic acid groups (broad SMARTS) is 1. The minimum absolute atomic E-state index is 0.216. The molecule has 1 heterocycles. The van der Waals surface area contributed by atoms with Gasteiger partial charge in [0.1, 0.15) is 30.0 Å². The molecule has 1 fully saturated rings. The van der Waals surface area contributed by atoms with Gasteiger partial charge in [-0.2, -0.15) is 0 Å². The first kappa shape index (κ1) is 21.9. The van der Waals surface area contributed by atoms with Gasteiger partial charge in [-0.15, -0.1) is 0 Å². The molecule has 0 aliphatic carbocycles. The van der Waals surface area contributed by atoms with Crippen molar-refractivity contribution in [3.05, 3.63) is 70.3 Å². The quantitative estimate of drug-likeness (QED) is 0.416. The van der Waals surface area contributed by atoms with Gasteiger partial charge < -0.3 is 9.94 Å². The summed E-state index contributed by atoms with van der Waals surface area (Å²) in [6.07, 6.45) is 2.50. The zero-order valence-corrected chi connectivity index (χ0v) is 17.2. The first-order valence-electron chi connectivity index (χ1n) is 10.1. The Morgan fingerprint density at radius 1 is 1.10 bits per heavy atom. The molecule has 0 saturated carbocycles. The Labute approximate surface area is 175 Å². The summed E-state index contributed by atoms with van der Waals surface area (Å²) in [4.78, 5) is 18.9. The average molecular weight is 416 g/mol. The summed E-state index contributed by atoms with van der Waals surface area (Å²) in [5, 5.41) is 13.7. The van der Waals surface area contributed by atoms with E-state index in [0.717, 1.165) is 12.8 Å². The van der Waals surface area contributed by atoms with Crippen LogP contribution in [-0.4, -0.2) is 47.4 Å². The molecule has 0 unspecified atom stereocenters. The number of aryl methyl sites for hydroxylation is 2. The molecule has 1 aliphatic heterocycles. The Hall–Kier alpha value is -2.80. The lowest BCUT2D eigenvalue weighted by molar-refractivity contribution is -0.144. The molecule has 160 valence electrons. The van der Waals surface area contributed by atoms with Gasteiger partial charge in [0, 0.05) is 17.7 Å². The van der Waals surface area contributed by atoms with Gasteiger partial charge in [0.15, 0.2) is 0 Å². The van der Waals surface area contributed by atoms with Crippen molar-refractivity contribution >= 4 is 11.7 Å². The maximum absolute atomic E-state index is 13.6. The Morgan fingerprint density at radius 2 is 1.70 bits per heavy atom. The Morgan fingerprint density at radius 3 is 2.23 bits per heavy atom. The second kappa shape index (κ2) is 9.80. The summed E-state index contributed by atoms with van der Waals surface area (Å²) in [5.41, 5.74) is 3.23. The number of hydrogen-bond acceptors (Lipinski definition) is 4. The van der Waals surface area contributed by atoms with Gasteiger partial charge in [-0.3, -0.25) is 9.69 Å². The third kappa shape index (κ3) is 5.21. The Balaban J connectivity index is 1.81. The summed E-state index contributed by atoms with van der Waals surface area (Å²) in [7, 11) is 0. The Bertz CT molecular complexity index is 893. The lowest BCUT2D eigenvalue weighted by Gasteiger charge is -2.32. The second-order valence-corrected chi connectivity index (χ2v) is 7.58. The summed E-state index contributed by atoms with van der Waals surface area (Å²) in [5.74, 6) is -1.52. The van der Waals surface area contributed by atoms with Crippen molar-refractivity contribution in [2.45, 2.75) is 39.2 Å². The lowest BCUT2D eigenvalue weighted by atomic mass is 9.95. The van der Waals surface area contributed by atoms with Crippen LogP contribution in [0.5, 0.6) is 0 Å². The maximum Gasteiger partial charge on any atom is 0.320 e. The van der Waals surface area contributed by atoms with E-state index >= 15 is 0 Å². The van der Waals surface area contributed by atoms with Crippen molar-refractivity contribution in [1.29, 1.82) is 0 Å². The number of carbonyl (C=O) groups is 1. The van der Waals surface area contributed by atoms with E-state index in [9.17, 15) is 18.7 Å². The number of oxime groups is 1. The number of aliphatic carboxylic acids is 1. The molecule has 1 N–H and O–H groups in total. The third-order valence-corrected chi connectivity index (χ3v) is 5.41. The van der Waals surface area contributed by atoms with Crippen molar-refractivity contribution in [1.82, 2.24) is 4.90 Å². The number of carboxylic acids is 1. The fourth-order valence-electron chi connectivity index (χ4n) is 3.84. The summed E-state index contributed by atoms with van der Waals surface area (Å²) in [6.45, 7) is 4.92. The van der Waals surface area contributed by atoms with Gasteiger partial charge >= 0.3 is 5.97 Å². The molecule has 5 nitrogen and oxygen atoms in total. The van der Waals surface area contributed by atoms with Crippen LogP contribution in [0.15, 0.2) is 41.6 Å². The third-order valence-electron chi connectivity index (χ3n) is 5.41. The molecule has 2 aromatic carbocycles. The summed E-state index contributed by atoms with van der Waals surface area (Å²) >= 11 is 0. The van der Waals surface area contributed by atoms with Crippen LogP contribution in [-0.2, 0) is 9.63 Å². The van der Waals surface area contributed by atoms with Crippen molar-refractivity contribution in [2.24, 2.45) is 5.16 Å². The largest absolute Gasteiger partial charge is 0.480 e. The smallest absolute Gasteiger partial charge is 0.320 e. The summed E-state index contributed by atoms with van der Waals surface area (Å²) in [6, 6.07) is 8.28. The molecule has 7 heteroatoms. The number of hydrogen-bond donors (Lipinski definition) is 1. The van der Waals surface area contributed by atoms with Crippen molar-refractivity contribution in [3.8, 4) is 0 Å². The van der Waals surface area contributed by atoms with E-state index in [1.807, 2.05) is 4.90 Å². The molecule has 0 aromatic heterocycles. The van der Waals surface area contributed by atoms with Gasteiger partial charge in [-0.05, 0) is 80.8 Å². The van der Waals surface area contributed by atoms with Gasteiger partial charge in [-0.1, -0.05) is 11.6 Å². The van der Waals surface area contributed by atoms with E-state index in [1.165, 1.54) is 24.3 Å². The highest BCUT2D eigenvalue weighted by molar-refractivity contribution is 6.14. The number of rotatable bonds is 7. The van der Waals surface area contributed by atoms with Crippen molar-refractivity contribution in [2.75, 3.05) is 19.7 Å². The number of halogens is 2. The fourth-order valence-corrected chi connectivity index (χ4v) is 3.84. The molecule has 1 aliphatic rings. The van der Waals surface area contributed by atoms with E-state index in [1.54, 1.807) is 26.0 Å². The second-order valence-electron chi connectivity index (χ2n) is 7.58. The number of nitrogens with zero attached hydrogens (tertiary/aromatic N) is 2.